The van der Waals surface area contributed by atoms with E-state index in [4.69, 9.17) is 4.74 Å². The van der Waals surface area contributed by atoms with Crippen LogP contribution in [0.2, 0.25) is 0 Å². The molecule has 144 valence electrons. The van der Waals surface area contributed by atoms with E-state index in [9.17, 15) is 4.79 Å². The number of rotatable bonds is 7. The number of carbonyl (C=O) groups excluding carboxylic acids is 1. The van der Waals surface area contributed by atoms with E-state index in [0.29, 0.717) is 19.1 Å². The number of carbonyl (C=O) groups is 1. The predicted molar refractivity (Wildman–Crippen MR) is 108 cm³/mol. The molecule has 5 heteroatoms. The predicted octanol–water partition coefficient (Wildman–Crippen LogP) is 4.05. The minimum absolute atomic E-state index is 0.0819. The molecule has 1 amide bonds. The average Bonchev–Trinajstić information content (AvgIpc) is 3.47. The summed E-state index contributed by atoms with van der Waals surface area (Å²) in [6.07, 6.45) is 5.90. The molecule has 1 fully saturated rings. The minimum atomic E-state index is 0.0819. The summed E-state index contributed by atoms with van der Waals surface area (Å²) in [6.45, 7) is 3.25. The zero-order chi connectivity index (χ0) is 19.5. The Morgan fingerprint density at radius 3 is 2.71 bits per heavy atom. The Labute approximate surface area is 165 Å². The monoisotopic (exact) mass is 375 g/mol. The van der Waals surface area contributed by atoms with Crippen molar-refractivity contribution in [3.05, 3.63) is 83.4 Å². The second kappa shape index (κ2) is 7.89. The minimum Gasteiger partial charge on any atom is -0.497 e. The Balaban J connectivity index is 1.53. The molecule has 0 saturated heterocycles. The summed E-state index contributed by atoms with van der Waals surface area (Å²) in [5.74, 6) is 1.82. The zero-order valence-electron chi connectivity index (χ0n) is 16.3. The van der Waals surface area contributed by atoms with Crippen LogP contribution in [0.4, 0.5) is 0 Å². The maximum atomic E-state index is 13.1. The van der Waals surface area contributed by atoms with Gasteiger partial charge >= 0.3 is 0 Å². The molecule has 1 saturated carbocycles. The van der Waals surface area contributed by atoms with Crippen molar-refractivity contribution in [2.45, 2.75) is 38.9 Å². The van der Waals surface area contributed by atoms with Crippen LogP contribution in [0.3, 0.4) is 0 Å². The highest BCUT2D eigenvalue weighted by atomic mass is 16.5. The Morgan fingerprint density at radius 1 is 1.21 bits per heavy atom. The van der Waals surface area contributed by atoms with Gasteiger partial charge in [-0.25, -0.2) is 4.98 Å². The number of hydrogen-bond acceptors (Lipinski definition) is 3. The molecule has 0 aliphatic heterocycles. The first kappa shape index (κ1) is 18.3. The van der Waals surface area contributed by atoms with Gasteiger partial charge < -0.3 is 14.2 Å². The summed E-state index contributed by atoms with van der Waals surface area (Å²) in [7, 11) is 1.67. The summed E-state index contributed by atoms with van der Waals surface area (Å²) in [6, 6.07) is 16.1. The Morgan fingerprint density at radius 2 is 2.00 bits per heavy atom. The molecule has 1 aliphatic carbocycles. The molecule has 2 aromatic carbocycles. The highest BCUT2D eigenvalue weighted by Gasteiger charge is 2.33. The molecule has 0 N–H and O–H groups in total. The maximum absolute atomic E-state index is 13.1. The van der Waals surface area contributed by atoms with E-state index < -0.39 is 0 Å². The van der Waals surface area contributed by atoms with Gasteiger partial charge in [0, 0.05) is 30.5 Å². The van der Waals surface area contributed by atoms with E-state index in [1.807, 2.05) is 60.5 Å². The Bertz CT molecular complexity index is 958. The van der Waals surface area contributed by atoms with Gasteiger partial charge in [-0.1, -0.05) is 29.8 Å². The maximum Gasteiger partial charge on any atom is 0.254 e. The van der Waals surface area contributed by atoms with Gasteiger partial charge in [0.1, 0.15) is 11.6 Å². The molecule has 0 unspecified atom stereocenters. The lowest BCUT2D eigenvalue weighted by atomic mass is 10.1. The van der Waals surface area contributed by atoms with E-state index in [1.165, 1.54) is 0 Å². The number of methoxy groups -OCH3 is 1. The molecule has 4 rings (SSSR count). The number of aromatic nitrogens is 2. The fourth-order valence-electron chi connectivity index (χ4n) is 3.37. The highest BCUT2D eigenvalue weighted by molar-refractivity contribution is 5.94. The first-order chi connectivity index (χ1) is 13.6. The van der Waals surface area contributed by atoms with E-state index in [1.54, 1.807) is 13.3 Å². The Hall–Kier alpha value is -3.08. The van der Waals surface area contributed by atoms with Crippen molar-refractivity contribution < 1.29 is 9.53 Å². The summed E-state index contributed by atoms with van der Waals surface area (Å²) >= 11 is 0. The van der Waals surface area contributed by atoms with Crippen molar-refractivity contribution in [3.63, 3.8) is 0 Å². The number of ether oxygens (including phenoxy) is 1. The molecule has 1 heterocycles. The van der Waals surface area contributed by atoms with Gasteiger partial charge in [-0.15, -0.1) is 0 Å². The number of benzene rings is 2. The van der Waals surface area contributed by atoms with Gasteiger partial charge in [-0.3, -0.25) is 4.79 Å². The van der Waals surface area contributed by atoms with Crippen LogP contribution < -0.4 is 4.74 Å². The van der Waals surface area contributed by atoms with Crippen LogP contribution in [0.5, 0.6) is 5.75 Å². The van der Waals surface area contributed by atoms with E-state index in [0.717, 1.165) is 41.1 Å². The van der Waals surface area contributed by atoms with Crippen molar-refractivity contribution in [1.29, 1.82) is 0 Å². The lowest BCUT2D eigenvalue weighted by molar-refractivity contribution is 0.0723. The van der Waals surface area contributed by atoms with Crippen LogP contribution in [-0.4, -0.2) is 33.5 Å². The molecule has 1 aliphatic rings. The first-order valence-corrected chi connectivity index (χ1v) is 9.64. The van der Waals surface area contributed by atoms with Crippen molar-refractivity contribution >= 4 is 5.91 Å². The van der Waals surface area contributed by atoms with Gasteiger partial charge in [0.15, 0.2) is 0 Å². The third-order valence-corrected chi connectivity index (χ3v) is 5.15. The molecule has 0 atom stereocenters. The van der Waals surface area contributed by atoms with Crippen LogP contribution in [0.25, 0.3) is 0 Å². The largest absolute Gasteiger partial charge is 0.497 e. The van der Waals surface area contributed by atoms with Crippen LogP contribution in [0.1, 0.15) is 40.2 Å². The smallest absolute Gasteiger partial charge is 0.254 e. The second-order valence-corrected chi connectivity index (χ2v) is 7.35. The van der Waals surface area contributed by atoms with Gasteiger partial charge in [0.25, 0.3) is 5.91 Å². The number of hydrogen-bond donors (Lipinski definition) is 0. The summed E-state index contributed by atoms with van der Waals surface area (Å²) in [5, 5.41) is 0. The van der Waals surface area contributed by atoms with E-state index >= 15 is 0 Å². The highest BCUT2D eigenvalue weighted by Crippen LogP contribution is 2.30. The van der Waals surface area contributed by atoms with Gasteiger partial charge in [0.05, 0.1) is 13.7 Å². The van der Waals surface area contributed by atoms with Crippen LogP contribution >= 0.6 is 0 Å². The Kier molecular flexibility index (Phi) is 5.15. The van der Waals surface area contributed by atoms with Gasteiger partial charge in [0.2, 0.25) is 0 Å². The number of aryl methyl sites for hydroxylation is 1. The topological polar surface area (TPSA) is 47.4 Å². The number of amides is 1. The second-order valence-electron chi connectivity index (χ2n) is 7.35. The first-order valence-electron chi connectivity index (χ1n) is 9.64. The lowest BCUT2D eigenvalue weighted by Gasteiger charge is -2.23. The third kappa shape index (κ3) is 4.09. The van der Waals surface area contributed by atoms with Crippen LogP contribution in [-0.2, 0) is 13.1 Å². The van der Waals surface area contributed by atoms with Crippen LogP contribution in [0.15, 0.2) is 60.9 Å². The lowest BCUT2D eigenvalue weighted by Crippen LogP contribution is -2.33. The average molecular weight is 375 g/mol. The fraction of sp³-hybridized carbons (Fsp3) is 0.304. The standard InChI is InChI=1S/C23H25N3O2/c1-17-6-8-19(9-7-17)23(27)26(20-10-11-20)16-22-24-12-13-25(22)15-18-4-3-5-21(14-18)28-2/h3-9,12-14,20H,10-11,15-16H2,1-2H3. The fourth-order valence-corrected chi connectivity index (χ4v) is 3.37. The number of imidazole rings is 1. The van der Waals surface area contributed by atoms with Gasteiger partial charge in [-0.05, 0) is 49.6 Å². The molecule has 0 radical (unpaired) electrons. The molecule has 3 aromatic rings. The molecular formula is C23H25N3O2. The zero-order valence-corrected chi connectivity index (χ0v) is 16.3. The van der Waals surface area contributed by atoms with Crippen molar-refractivity contribution in [2.24, 2.45) is 0 Å². The van der Waals surface area contributed by atoms with Gasteiger partial charge in [-0.2, -0.15) is 0 Å². The quantitative estimate of drug-likeness (QED) is 0.626. The molecule has 1 aromatic heterocycles. The van der Waals surface area contributed by atoms with Crippen molar-refractivity contribution in [2.75, 3.05) is 7.11 Å². The SMILES string of the molecule is COc1cccc(Cn2ccnc2CN(C(=O)c2ccc(C)cc2)C2CC2)c1. The molecule has 0 bridgehead atoms. The third-order valence-electron chi connectivity index (χ3n) is 5.15. The molecular weight excluding hydrogens is 350 g/mol. The summed E-state index contributed by atoms with van der Waals surface area (Å²) in [4.78, 5) is 19.6. The van der Waals surface area contributed by atoms with E-state index in [2.05, 4.69) is 15.6 Å². The normalized spacial score (nSPS) is 13.4. The summed E-state index contributed by atoms with van der Waals surface area (Å²) < 4.78 is 7.42. The molecule has 0 spiro atoms. The number of nitrogens with zero attached hydrogens (tertiary/aromatic N) is 3. The van der Waals surface area contributed by atoms with Crippen molar-refractivity contribution in [1.82, 2.24) is 14.5 Å². The van der Waals surface area contributed by atoms with Crippen LogP contribution in [0, 0.1) is 6.92 Å². The molecule has 28 heavy (non-hydrogen) atoms. The molecule has 5 nitrogen and oxygen atoms in total. The van der Waals surface area contributed by atoms with Crippen molar-refractivity contribution in [3.8, 4) is 5.75 Å². The van der Waals surface area contributed by atoms with E-state index in [-0.39, 0.29) is 5.91 Å². The summed E-state index contributed by atoms with van der Waals surface area (Å²) in [5.41, 5.74) is 3.04.